The highest BCUT2D eigenvalue weighted by molar-refractivity contribution is 5.95. The van der Waals surface area contributed by atoms with E-state index in [0.29, 0.717) is 5.69 Å². The van der Waals surface area contributed by atoms with Crippen molar-refractivity contribution in [3.8, 4) is 0 Å². The van der Waals surface area contributed by atoms with Crippen LogP contribution in [0.15, 0.2) is 12.1 Å². The van der Waals surface area contributed by atoms with Gasteiger partial charge in [0.05, 0.1) is 5.56 Å². The van der Waals surface area contributed by atoms with Crippen LogP contribution in [-0.4, -0.2) is 24.2 Å². The number of aromatic carboxylic acids is 1. The van der Waals surface area contributed by atoms with Crippen LogP contribution in [0.4, 0.5) is 11.4 Å². The monoisotopic (exact) mass is 262 g/mol. The Kier molecular flexibility index (Phi) is 3.98. The average molecular weight is 262 g/mol. The molecule has 4 nitrogen and oxygen atoms in total. The van der Waals surface area contributed by atoms with E-state index in [2.05, 4.69) is 11.8 Å². The summed E-state index contributed by atoms with van der Waals surface area (Å²) in [5.74, 6) is -0.204. The second-order valence-electron chi connectivity index (χ2n) is 5.55. The molecule has 1 aromatic rings. The number of benzene rings is 1. The molecule has 1 aliphatic rings. The van der Waals surface area contributed by atoms with Crippen LogP contribution in [0.5, 0.6) is 0 Å². The van der Waals surface area contributed by atoms with Crippen LogP contribution in [0, 0.1) is 12.8 Å². The zero-order valence-electron chi connectivity index (χ0n) is 11.6. The highest BCUT2D eigenvalue weighted by Gasteiger charge is 2.18. The molecule has 1 aliphatic heterocycles. The van der Waals surface area contributed by atoms with Crippen LogP contribution in [0.1, 0.15) is 42.1 Å². The van der Waals surface area contributed by atoms with E-state index in [9.17, 15) is 9.90 Å². The molecule has 0 bridgehead atoms. The molecule has 3 N–H and O–H groups in total. The van der Waals surface area contributed by atoms with Gasteiger partial charge in [-0.1, -0.05) is 6.92 Å². The molecule has 0 amide bonds. The lowest BCUT2D eigenvalue weighted by Crippen LogP contribution is -2.24. The maximum absolute atomic E-state index is 11.2. The SMILES string of the molecule is Cc1cc(N2CCCC(C)CC2)cc(C(=O)O)c1N. The number of carbonyl (C=O) groups is 1. The highest BCUT2D eigenvalue weighted by Crippen LogP contribution is 2.28. The van der Waals surface area contributed by atoms with Crippen LogP contribution in [0.3, 0.4) is 0 Å². The lowest BCUT2D eigenvalue weighted by Gasteiger charge is -2.24. The van der Waals surface area contributed by atoms with Crippen LogP contribution < -0.4 is 10.6 Å². The first-order chi connectivity index (χ1) is 8.99. The van der Waals surface area contributed by atoms with Crippen molar-refractivity contribution >= 4 is 17.3 Å². The van der Waals surface area contributed by atoms with Crippen LogP contribution >= 0.6 is 0 Å². The van der Waals surface area contributed by atoms with Crippen LogP contribution in [0.25, 0.3) is 0 Å². The largest absolute Gasteiger partial charge is 0.478 e. The van der Waals surface area contributed by atoms with Gasteiger partial charge in [0.15, 0.2) is 0 Å². The van der Waals surface area contributed by atoms with Crippen molar-refractivity contribution < 1.29 is 9.90 Å². The fourth-order valence-electron chi connectivity index (χ4n) is 2.66. The second-order valence-corrected chi connectivity index (χ2v) is 5.55. The molecule has 1 saturated heterocycles. The number of anilines is 2. The summed E-state index contributed by atoms with van der Waals surface area (Å²) in [6, 6.07) is 3.71. The molecule has 0 spiro atoms. The fraction of sp³-hybridized carbons (Fsp3) is 0.533. The number of carboxylic acids is 1. The van der Waals surface area contributed by atoms with E-state index in [4.69, 9.17) is 5.73 Å². The lowest BCUT2D eigenvalue weighted by atomic mass is 10.0. The molecule has 4 heteroatoms. The molecular weight excluding hydrogens is 240 g/mol. The van der Waals surface area contributed by atoms with Crippen LogP contribution in [0.2, 0.25) is 0 Å². The van der Waals surface area contributed by atoms with Crippen molar-refractivity contribution in [1.29, 1.82) is 0 Å². The zero-order chi connectivity index (χ0) is 14.0. The number of nitrogens with zero attached hydrogens (tertiary/aromatic N) is 1. The third kappa shape index (κ3) is 3.00. The smallest absolute Gasteiger partial charge is 0.337 e. The van der Waals surface area contributed by atoms with Crippen molar-refractivity contribution in [3.63, 3.8) is 0 Å². The Morgan fingerprint density at radius 1 is 1.37 bits per heavy atom. The van der Waals surface area contributed by atoms with Gasteiger partial charge in [-0.15, -0.1) is 0 Å². The molecule has 104 valence electrons. The predicted molar refractivity (Wildman–Crippen MR) is 77.8 cm³/mol. The summed E-state index contributed by atoms with van der Waals surface area (Å²) in [6.45, 7) is 6.13. The Balaban J connectivity index is 2.31. The van der Waals surface area contributed by atoms with Crippen molar-refractivity contribution in [2.45, 2.75) is 33.1 Å². The molecular formula is C15H22N2O2. The molecule has 1 fully saturated rings. The third-order valence-corrected chi connectivity index (χ3v) is 3.98. The summed E-state index contributed by atoms with van der Waals surface area (Å²) >= 11 is 0. The number of aryl methyl sites for hydroxylation is 1. The van der Waals surface area contributed by atoms with E-state index in [-0.39, 0.29) is 5.56 Å². The molecule has 1 unspecified atom stereocenters. The van der Waals surface area contributed by atoms with Gasteiger partial charge in [0, 0.05) is 24.5 Å². The molecule has 0 saturated carbocycles. The number of carboxylic acid groups (broad SMARTS) is 1. The molecule has 2 rings (SSSR count). The van der Waals surface area contributed by atoms with Gasteiger partial charge in [0.1, 0.15) is 0 Å². The van der Waals surface area contributed by atoms with E-state index in [1.54, 1.807) is 6.07 Å². The van der Waals surface area contributed by atoms with E-state index in [1.807, 2.05) is 13.0 Å². The predicted octanol–water partition coefficient (Wildman–Crippen LogP) is 2.90. The van der Waals surface area contributed by atoms with Crippen molar-refractivity contribution in [1.82, 2.24) is 0 Å². The van der Waals surface area contributed by atoms with Gasteiger partial charge in [0.25, 0.3) is 0 Å². The Morgan fingerprint density at radius 2 is 2.11 bits per heavy atom. The summed E-state index contributed by atoms with van der Waals surface area (Å²) in [6.07, 6.45) is 3.56. The first kappa shape index (κ1) is 13.7. The second kappa shape index (κ2) is 5.51. The first-order valence-electron chi connectivity index (χ1n) is 6.87. The molecule has 1 aromatic carbocycles. The molecule has 19 heavy (non-hydrogen) atoms. The lowest BCUT2D eigenvalue weighted by molar-refractivity contribution is 0.0698. The normalized spacial score (nSPS) is 20.1. The molecule has 1 atom stereocenters. The van der Waals surface area contributed by atoms with E-state index >= 15 is 0 Å². The molecule has 0 aliphatic carbocycles. The Labute approximate surface area is 114 Å². The van der Waals surface area contributed by atoms with Crippen molar-refractivity contribution in [3.05, 3.63) is 23.3 Å². The van der Waals surface area contributed by atoms with Gasteiger partial charge in [0.2, 0.25) is 0 Å². The van der Waals surface area contributed by atoms with Gasteiger partial charge < -0.3 is 15.7 Å². The Bertz CT molecular complexity index is 485. The van der Waals surface area contributed by atoms with Gasteiger partial charge in [-0.05, 0) is 49.8 Å². The fourth-order valence-corrected chi connectivity index (χ4v) is 2.66. The standard InChI is InChI=1S/C15H22N2O2/c1-10-4-3-6-17(7-5-10)12-8-11(2)14(16)13(9-12)15(18)19/h8-10H,3-7,16H2,1-2H3,(H,18,19). The summed E-state index contributed by atoms with van der Waals surface area (Å²) < 4.78 is 0. The van der Waals surface area contributed by atoms with Crippen molar-refractivity contribution in [2.75, 3.05) is 23.7 Å². The van der Waals surface area contributed by atoms with Crippen LogP contribution in [-0.2, 0) is 0 Å². The maximum Gasteiger partial charge on any atom is 0.337 e. The summed E-state index contributed by atoms with van der Waals surface area (Å²) in [5.41, 5.74) is 8.25. The van der Waals surface area contributed by atoms with Gasteiger partial charge in [-0.3, -0.25) is 0 Å². The minimum Gasteiger partial charge on any atom is -0.478 e. The van der Waals surface area contributed by atoms with Gasteiger partial charge in [-0.25, -0.2) is 4.79 Å². The number of hydrogen-bond donors (Lipinski definition) is 2. The van der Waals surface area contributed by atoms with Gasteiger partial charge in [-0.2, -0.15) is 0 Å². The first-order valence-corrected chi connectivity index (χ1v) is 6.87. The minimum atomic E-state index is -0.953. The quantitative estimate of drug-likeness (QED) is 0.804. The molecule has 0 radical (unpaired) electrons. The summed E-state index contributed by atoms with van der Waals surface area (Å²) in [5, 5.41) is 9.21. The van der Waals surface area contributed by atoms with E-state index in [0.717, 1.165) is 43.1 Å². The topological polar surface area (TPSA) is 66.6 Å². The van der Waals surface area contributed by atoms with Crippen molar-refractivity contribution in [2.24, 2.45) is 5.92 Å². The summed E-state index contributed by atoms with van der Waals surface area (Å²) in [4.78, 5) is 13.5. The maximum atomic E-state index is 11.2. The number of hydrogen-bond acceptors (Lipinski definition) is 3. The third-order valence-electron chi connectivity index (χ3n) is 3.98. The van der Waals surface area contributed by atoms with E-state index < -0.39 is 5.97 Å². The highest BCUT2D eigenvalue weighted by atomic mass is 16.4. The zero-order valence-corrected chi connectivity index (χ0v) is 11.6. The molecule has 1 heterocycles. The number of nitrogen functional groups attached to an aromatic ring is 1. The minimum absolute atomic E-state index is 0.215. The number of rotatable bonds is 2. The Hall–Kier alpha value is -1.71. The Morgan fingerprint density at radius 3 is 2.79 bits per heavy atom. The summed E-state index contributed by atoms with van der Waals surface area (Å²) in [7, 11) is 0. The average Bonchev–Trinajstić information content (AvgIpc) is 2.57. The van der Waals surface area contributed by atoms with Gasteiger partial charge >= 0.3 is 5.97 Å². The number of nitrogens with two attached hydrogens (primary N) is 1. The van der Waals surface area contributed by atoms with E-state index in [1.165, 1.54) is 6.42 Å². The molecule has 0 aromatic heterocycles.